The van der Waals surface area contributed by atoms with E-state index in [1.807, 2.05) is 30.3 Å². The number of benzene rings is 4. The molecular weight excluding hydrogens is 634 g/mol. The first kappa shape index (κ1) is 31.4. The minimum Gasteiger partial charge on any atom is -0.376 e. The predicted molar refractivity (Wildman–Crippen MR) is 149 cm³/mol. The van der Waals surface area contributed by atoms with E-state index in [2.05, 4.69) is 20.5 Å². The summed E-state index contributed by atoms with van der Waals surface area (Å²) in [5.74, 6) is -1.18. The molecule has 4 aromatic rings. The lowest BCUT2D eigenvalue weighted by Crippen LogP contribution is -2.28. The molecule has 0 aromatic heterocycles. The van der Waals surface area contributed by atoms with Crippen LogP contribution in [0.1, 0.15) is 34.7 Å². The van der Waals surface area contributed by atoms with E-state index in [0.29, 0.717) is 16.7 Å². The minimum atomic E-state index is -5.91. The maximum Gasteiger partial charge on any atom is 0.534 e. The Morgan fingerprint density at radius 3 is 1.23 bits per heavy atom. The third-order valence-corrected chi connectivity index (χ3v) is 9.47. The third kappa shape index (κ3) is 5.87. The summed E-state index contributed by atoms with van der Waals surface area (Å²) in [7, 11) is -11.8. The number of fused-ring (bicyclic) bond motifs is 1. The monoisotopic (exact) mass is 656 g/mol. The maximum atomic E-state index is 12.8. The Hall–Kier alpha value is -4.04. The van der Waals surface area contributed by atoms with Gasteiger partial charge in [-0.15, -0.1) is 0 Å². The molecular formula is C30H22F6O6S2. The van der Waals surface area contributed by atoms with Crippen molar-refractivity contribution in [2.45, 2.75) is 36.2 Å². The summed E-state index contributed by atoms with van der Waals surface area (Å²) in [6, 6.07) is 23.1. The van der Waals surface area contributed by atoms with Gasteiger partial charge in [-0.25, -0.2) is 0 Å². The number of alkyl halides is 6. The molecule has 0 heterocycles. The van der Waals surface area contributed by atoms with Gasteiger partial charge in [0.1, 0.15) is 11.5 Å². The van der Waals surface area contributed by atoms with Gasteiger partial charge >= 0.3 is 31.3 Å². The first-order valence-corrected chi connectivity index (χ1v) is 15.7. The van der Waals surface area contributed by atoms with Gasteiger partial charge in [-0.1, -0.05) is 66.7 Å². The van der Waals surface area contributed by atoms with Gasteiger partial charge in [0.25, 0.3) is 0 Å². The zero-order chi connectivity index (χ0) is 32.1. The van der Waals surface area contributed by atoms with Gasteiger partial charge in [0.15, 0.2) is 0 Å². The van der Waals surface area contributed by atoms with Crippen LogP contribution in [0.3, 0.4) is 0 Å². The van der Waals surface area contributed by atoms with Crippen LogP contribution in [0.4, 0.5) is 26.3 Å². The van der Waals surface area contributed by atoms with E-state index in [-0.39, 0.29) is 0 Å². The average molecular weight is 657 g/mol. The fourth-order valence-electron chi connectivity index (χ4n) is 4.91. The third-order valence-electron chi connectivity index (χ3n) is 7.51. The van der Waals surface area contributed by atoms with Gasteiger partial charge in [0, 0.05) is 5.41 Å². The van der Waals surface area contributed by atoms with Crippen molar-refractivity contribution in [3.05, 3.63) is 119 Å². The Balaban J connectivity index is 1.54. The van der Waals surface area contributed by atoms with E-state index in [1.54, 1.807) is 6.92 Å². The molecule has 1 aliphatic rings. The van der Waals surface area contributed by atoms with Crippen molar-refractivity contribution in [1.29, 1.82) is 0 Å². The number of halogens is 6. The van der Waals surface area contributed by atoms with Crippen molar-refractivity contribution in [2.75, 3.05) is 0 Å². The van der Waals surface area contributed by atoms with Crippen molar-refractivity contribution in [1.82, 2.24) is 0 Å². The smallest absolute Gasteiger partial charge is 0.376 e. The molecule has 0 bridgehead atoms. The largest absolute Gasteiger partial charge is 0.534 e. The highest BCUT2D eigenvalue weighted by atomic mass is 32.2. The molecule has 232 valence electrons. The van der Waals surface area contributed by atoms with Crippen molar-refractivity contribution in [3.63, 3.8) is 0 Å². The Labute approximate surface area is 249 Å². The quantitative estimate of drug-likeness (QED) is 0.0859. The topological polar surface area (TPSA) is 86.7 Å². The first-order valence-electron chi connectivity index (χ1n) is 12.9. The summed E-state index contributed by atoms with van der Waals surface area (Å²) in [6.45, 7) is 1.73. The molecule has 1 aliphatic carbocycles. The fourth-order valence-corrected chi connectivity index (χ4v) is 5.82. The second kappa shape index (κ2) is 10.8. The fraction of sp³-hybridized carbons (Fsp3) is 0.200. The van der Waals surface area contributed by atoms with E-state index in [1.165, 1.54) is 35.4 Å². The van der Waals surface area contributed by atoms with Gasteiger partial charge in [-0.05, 0) is 83.0 Å². The second-order valence-corrected chi connectivity index (χ2v) is 13.3. The molecule has 0 aliphatic heterocycles. The molecule has 0 atom stereocenters. The van der Waals surface area contributed by atoms with Gasteiger partial charge in [-0.3, -0.25) is 0 Å². The Kier molecular flexibility index (Phi) is 7.73. The molecule has 0 radical (unpaired) electrons. The number of aryl methyl sites for hydroxylation is 2. The van der Waals surface area contributed by atoms with Crippen LogP contribution in [-0.4, -0.2) is 27.9 Å². The van der Waals surface area contributed by atoms with Crippen molar-refractivity contribution in [3.8, 4) is 22.6 Å². The summed E-state index contributed by atoms with van der Waals surface area (Å²) in [4.78, 5) is 0. The van der Waals surface area contributed by atoms with Crippen molar-refractivity contribution < 1.29 is 51.5 Å². The molecule has 4 aromatic carbocycles. The lowest BCUT2D eigenvalue weighted by molar-refractivity contribution is -0.0504. The second-order valence-electron chi connectivity index (χ2n) is 10.2. The summed E-state index contributed by atoms with van der Waals surface area (Å²) in [5.41, 5.74) is -6.38. The molecule has 14 heteroatoms. The van der Waals surface area contributed by atoms with Crippen LogP contribution in [0, 0.1) is 0 Å². The molecule has 0 N–H and O–H groups in total. The molecule has 0 fully saturated rings. The standard InChI is InChI=1S/C30H22F6O6S2/c1-28(24-10-14-26(15-11-24)41-43(37,38)29(31,32)33,25-12-16-27(17-13-25)42-44(39,40)30(34,35)36)23-8-6-20(7-9-23)22-5-3-19-2-4-21(19)18-22/h3,5-18H,2,4H2,1H3. The Bertz CT molecular complexity index is 1810. The Morgan fingerprint density at radius 2 is 0.886 bits per heavy atom. The molecule has 6 nitrogen and oxygen atoms in total. The lowest BCUT2D eigenvalue weighted by atomic mass is 9.71. The number of hydrogen-bond acceptors (Lipinski definition) is 6. The van der Waals surface area contributed by atoms with E-state index >= 15 is 0 Å². The van der Waals surface area contributed by atoms with Crippen LogP contribution >= 0.6 is 0 Å². The van der Waals surface area contributed by atoms with Crippen molar-refractivity contribution >= 4 is 20.2 Å². The first-order chi connectivity index (χ1) is 20.4. The highest BCUT2D eigenvalue weighted by molar-refractivity contribution is 7.88. The summed E-state index contributed by atoms with van der Waals surface area (Å²) < 4.78 is 131. The van der Waals surface area contributed by atoms with Gasteiger partial charge in [0.2, 0.25) is 0 Å². The van der Waals surface area contributed by atoms with Crippen LogP contribution in [0.15, 0.2) is 91.0 Å². The predicted octanol–water partition coefficient (Wildman–Crippen LogP) is 7.26. The van der Waals surface area contributed by atoms with E-state index in [0.717, 1.165) is 48.2 Å². The number of rotatable bonds is 8. The lowest BCUT2D eigenvalue weighted by Gasteiger charge is -2.32. The molecule has 0 spiro atoms. The molecule has 0 saturated heterocycles. The SMILES string of the molecule is CC(c1ccc(OS(=O)(=O)C(F)(F)F)cc1)(c1ccc(OS(=O)(=O)C(F)(F)F)cc1)c1ccc(-c2ccc3c(c2)CC3)cc1. The normalized spacial score (nSPS) is 14.0. The molecule has 0 saturated carbocycles. The average Bonchev–Trinajstić information content (AvgIpc) is 2.93. The van der Waals surface area contributed by atoms with Crippen LogP contribution in [0.5, 0.6) is 11.5 Å². The van der Waals surface area contributed by atoms with Crippen LogP contribution in [0.25, 0.3) is 11.1 Å². The molecule has 0 unspecified atom stereocenters. The van der Waals surface area contributed by atoms with E-state index in [4.69, 9.17) is 0 Å². The van der Waals surface area contributed by atoms with Gasteiger partial charge in [0.05, 0.1) is 0 Å². The van der Waals surface area contributed by atoms with Crippen LogP contribution < -0.4 is 8.37 Å². The molecule has 0 amide bonds. The zero-order valence-electron chi connectivity index (χ0n) is 22.6. The van der Waals surface area contributed by atoms with Gasteiger partial charge in [-0.2, -0.15) is 43.2 Å². The highest BCUT2D eigenvalue weighted by Crippen LogP contribution is 2.41. The molecule has 44 heavy (non-hydrogen) atoms. The Morgan fingerprint density at radius 1 is 0.523 bits per heavy atom. The van der Waals surface area contributed by atoms with Crippen LogP contribution in [-0.2, 0) is 38.5 Å². The summed E-state index contributed by atoms with van der Waals surface area (Å²) in [6.07, 6.45) is 2.03. The van der Waals surface area contributed by atoms with Gasteiger partial charge < -0.3 is 8.37 Å². The number of hydrogen-bond donors (Lipinski definition) is 0. The molecule has 5 rings (SSSR count). The van der Waals surface area contributed by atoms with Crippen LogP contribution in [0.2, 0.25) is 0 Å². The minimum absolute atomic E-state index is 0.444. The van der Waals surface area contributed by atoms with E-state index < -0.39 is 48.2 Å². The maximum absolute atomic E-state index is 12.8. The summed E-state index contributed by atoms with van der Waals surface area (Å²) in [5, 5.41) is 0. The van der Waals surface area contributed by atoms with Crippen molar-refractivity contribution in [2.24, 2.45) is 0 Å². The summed E-state index contributed by atoms with van der Waals surface area (Å²) >= 11 is 0. The highest BCUT2D eigenvalue weighted by Gasteiger charge is 2.49. The van der Waals surface area contributed by atoms with E-state index in [9.17, 15) is 43.2 Å². The zero-order valence-corrected chi connectivity index (χ0v) is 24.2.